The lowest BCUT2D eigenvalue weighted by molar-refractivity contribution is -0.140. The van der Waals surface area contributed by atoms with Crippen molar-refractivity contribution >= 4 is 17.6 Å². The number of piperidine rings is 1. The largest absolute Gasteiger partial charge is 0.338 e. The van der Waals surface area contributed by atoms with Crippen molar-refractivity contribution in [1.29, 1.82) is 0 Å². The summed E-state index contributed by atoms with van der Waals surface area (Å²) in [6.07, 6.45) is 2.31. The minimum atomic E-state index is -0.632. The lowest BCUT2D eigenvalue weighted by Gasteiger charge is -2.38. The van der Waals surface area contributed by atoms with Crippen LogP contribution in [0.15, 0.2) is 42.6 Å². The summed E-state index contributed by atoms with van der Waals surface area (Å²) >= 11 is 0. The van der Waals surface area contributed by atoms with Gasteiger partial charge >= 0.3 is 0 Å². The molecule has 25 heavy (non-hydrogen) atoms. The molecule has 0 bridgehead atoms. The monoisotopic (exact) mass is 341 g/mol. The van der Waals surface area contributed by atoms with E-state index in [-0.39, 0.29) is 18.2 Å². The molecule has 2 atom stereocenters. The molecule has 1 aromatic heterocycles. The molecular weight excluding hydrogens is 321 g/mol. The van der Waals surface area contributed by atoms with Gasteiger partial charge in [-0.05, 0) is 31.0 Å². The third-order valence-corrected chi connectivity index (χ3v) is 4.58. The van der Waals surface area contributed by atoms with Gasteiger partial charge in [-0.15, -0.1) is 0 Å². The third-order valence-electron chi connectivity index (χ3n) is 4.58. The molecule has 5 nitrogen and oxygen atoms in total. The first-order valence-electron chi connectivity index (χ1n) is 8.21. The van der Waals surface area contributed by atoms with Crippen molar-refractivity contribution in [2.45, 2.75) is 25.8 Å². The third kappa shape index (κ3) is 3.52. The van der Waals surface area contributed by atoms with E-state index in [1.54, 1.807) is 37.5 Å². The summed E-state index contributed by atoms with van der Waals surface area (Å²) in [7, 11) is 1.61. The van der Waals surface area contributed by atoms with Crippen LogP contribution in [0.3, 0.4) is 0 Å². The standard InChI is InChI=1S/C19H20FN3O2/c1-12-7-9-16(21-11-12)22-19(25)14-8-10-17(24)23(2)18(14)13-5-3-4-6-15(13)20/h3-7,9,11,14,18H,8,10H2,1-2H3,(H,21,22,25)/t14-,18-/m0/s1. The Bertz CT molecular complexity index is 792. The van der Waals surface area contributed by atoms with Crippen LogP contribution >= 0.6 is 0 Å². The number of benzene rings is 1. The minimum absolute atomic E-state index is 0.0919. The first kappa shape index (κ1) is 17.1. The van der Waals surface area contributed by atoms with Gasteiger partial charge in [0.2, 0.25) is 11.8 Å². The first-order chi connectivity index (χ1) is 12.0. The van der Waals surface area contributed by atoms with E-state index in [2.05, 4.69) is 10.3 Å². The number of anilines is 1. The first-order valence-corrected chi connectivity index (χ1v) is 8.21. The summed E-state index contributed by atoms with van der Waals surface area (Å²) in [4.78, 5) is 30.5. The van der Waals surface area contributed by atoms with Crippen LogP contribution in [0.1, 0.15) is 30.0 Å². The average molecular weight is 341 g/mol. The number of likely N-dealkylation sites (tertiary alicyclic amines) is 1. The van der Waals surface area contributed by atoms with Crippen LogP contribution < -0.4 is 5.32 Å². The topological polar surface area (TPSA) is 62.3 Å². The maximum atomic E-state index is 14.3. The molecule has 1 aliphatic rings. The van der Waals surface area contributed by atoms with Crippen molar-refractivity contribution in [2.75, 3.05) is 12.4 Å². The Balaban J connectivity index is 1.89. The second-order valence-corrected chi connectivity index (χ2v) is 6.33. The van der Waals surface area contributed by atoms with Crippen LogP contribution in [-0.2, 0) is 9.59 Å². The fourth-order valence-electron chi connectivity index (χ4n) is 3.21. The van der Waals surface area contributed by atoms with Crippen molar-refractivity contribution in [3.63, 3.8) is 0 Å². The molecule has 3 rings (SSSR count). The summed E-state index contributed by atoms with van der Waals surface area (Å²) in [6, 6.07) is 9.22. The highest BCUT2D eigenvalue weighted by Crippen LogP contribution is 2.37. The number of carbonyl (C=O) groups is 2. The lowest BCUT2D eigenvalue weighted by Crippen LogP contribution is -2.45. The van der Waals surface area contributed by atoms with Crippen molar-refractivity contribution < 1.29 is 14.0 Å². The highest BCUT2D eigenvalue weighted by atomic mass is 19.1. The molecule has 0 radical (unpaired) electrons. The van der Waals surface area contributed by atoms with Gasteiger partial charge in [0, 0.05) is 25.2 Å². The van der Waals surface area contributed by atoms with Gasteiger partial charge in [0.05, 0.1) is 12.0 Å². The van der Waals surface area contributed by atoms with Crippen molar-refractivity contribution in [2.24, 2.45) is 5.92 Å². The molecule has 2 heterocycles. The number of pyridine rings is 1. The lowest BCUT2D eigenvalue weighted by atomic mass is 9.83. The van der Waals surface area contributed by atoms with E-state index in [4.69, 9.17) is 0 Å². The van der Waals surface area contributed by atoms with E-state index in [1.807, 2.05) is 13.0 Å². The number of carbonyl (C=O) groups excluding carboxylic acids is 2. The van der Waals surface area contributed by atoms with Crippen molar-refractivity contribution in [1.82, 2.24) is 9.88 Å². The number of hydrogen-bond donors (Lipinski definition) is 1. The maximum absolute atomic E-state index is 14.3. The predicted octanol–water partition coefficient (Wildman–Crippen LogP) is 3.08. The Hall–Kier alpha value is -2.76. The summed E-state index contributed by atoms with van der Waals surface area (Å²) in [6.45, 7) is 1.91. The van der Waals surface area contributed by atoms with Gasteiger partial charge in [-0.2, -0.15) is 0 Å². The number of halogens is 1. The molecule has 1 aliphatic heterocycles. The molecule has 6 heteroatoms. The molecule has 130 valence electrons. The molecule has 1 saturated heterocycles. The van der Waals surface area contributed by atoms with Crippen LogP contribution in [0, 0.1) is 18.7 Å². The number of aryl methyl sites for hydroxylation is 1. The van der Waals surface area contributed by atoms with Gasteiger partial charge in [-0.3, -0.25) is 9.59 Å². The summed E-state index contributed by atoms with van der Waals surface area (Å²) in [5.41, 5.74) is 1.35. The number of nitrogens with one attached hydrogen (secondary N) is 1. The second kappa shape index (κ2) is 7.01. The zero-order chi connectivity index (χ0) is 18.0. The zero-order valence-corrected chi connectivity index (χ0v) is 14.2. The molecule has 1 N–H and O–H groups in total. The molecule has 0 unspecified atom stereocenters. The normalized spacial score (nSPS) is 20.4. The number of nitrogens with zero attached hydrogens (tertiary/aromatic N) is 2. The van der Waals surface area contributed by atoms with Gasteiger partial charge in [0.25, 0.3) is 0 Å². The Morgan fingerprint density at radius 1 is 1.28 bits per heavy atom. The van der Waals surface area contributed by atoms with Crippen molar-refractivity contribution in [3.8, 4) is 0 Å². The molecule has 2 aromatic rings. The second-order valence-electron chi connectivity index (χ2n) is 6.33. The SMILES string of the molecule is Cc1ccc(NC(=O)[C@H]2CCC(=O)N(C)[C@H]2c2ccccc2F)nc1. The van der Waals surface area contributed by atoms with Crippen LogP contribution in [-0.4, -0.2) is 28.7 Å². The summed E-state index contributed by atoms with van der Waals surface area (Å²) < 4.78 is 14.3. The fraction of sp³-hybridized carbons (Fsp3) is 0.316. The Labute approximate surface area is 145 Å². The highest BCUT2D eigenvalue weighted by molar-refractivity contribution is 5.94. The molecular formula is C19H20FN3O2. The van der Waals surface area contributed by atoms with Gasteiger partial charge in [-0.25, -0.2) is 9.37 Å². The van der Waals surface area contributed by atoms with E-state index < -0.39 is 17.8 Å². The Morgan fingerprint density at radius 3 is 2.72 bits per heavy atom. The molecule has 0 spiro atoms. The van der Waals surface area contributed by atoms with Gasteiger partial charge < -0.3 is 10.2 Å². The Morgan fingerprint density at radius 2 is 2.04 bits per heavy atom. The van der Waals surface area contributed by atoms with Crippen molar-refractivity contribution in [3.05, 3.63) is 59.5 Å². The summed E-state index contributed by atoms with van der Waals surface area (Å²) in [5.74, 6) is -0.861. The van der Waals surface area contributed by atoms with Gasteiger partial charge in [0.15, 0.2) is 0 Å². The van der Waals surface area contributed by atoms with E-state index in [9.17, 15) is 14.0 Å². The number of hydrogen-bond acceptors (Lipinski definition) is 3. The van der Waals surface area contributed by atoms with Crippen LogP contribution in [0.4, 0.5) is 10.2 Å². The number of rotatable bonds is 3. The number of amides is 2. The molecule has 1 fully saturated rings. The van der Waals surface area contributed by atoms with Gasteiger partial charge in [0.1, 0.15) is 11.6 Å². The van der Waals surface area contributed by atoms with Gasteiger partial charge in [-0.1, -0.05) is 24.3 Å². The molecule has 1 aromatic carbocycles. The van der Waals surface area contributed by atoms with Crippen LogP contribution in [0.2, 0.25) is 0 Å². The van der Waals surface area contributed by atoms with E-state index in [0.29, 0.717) is 17.8 Å². The number of aromatic nitrogens is 1. The molecule has 0 saturated carbocycles. The molecule has 2 amide bonds. The van der Waals surface area contributed by atoms with Crippen LogP contribution in [0.25, 0.3) is 0 Å². The van der Waals surface area contributed by atoms with E-state index in [0.717, 1.165) is 5.56 Å². The fourth-order valence-corrected chi connectivity index (χ4v) is 3.21. The smallest absolute Gasteiger partial charge is 0.231 e. The maximum Gasteiger partial charge on any atom is 0.231 e. The Kier molecular flexibility index (Phi) is 4.79. The minimum Gasteiger partial charge on any atom is -0.338 e. The highest BCUT2D eigenvalue weighted by Gasteiger charge is 2.40. The quantitative estimate of drug-likeness (QED) is 0.933. The zero-order valence-electron chi connectivity index (χ0n) is 14.2. The predicted molar refractivity (Wildman–Crippen MR) is 92.2 cm³/mol. The average Bonchev–Trinajstić information content (AvgIpc) is 2.60. The van der Waals surface area contributed by atoms with E-state index >= 15 is 0 Å². The summed E-state index contributed by atoms with van der Waals surface area (Å²) in [5, 5.41) is 2.78. The van der Waals surface area contributed by atoms with Crippen LogP contribution in [0.5, 0.6) is 0 Å². The molecule has 0 aliphatic carbocycles. The van der Waals surface area contributed by atoms with E-state index in [1.165, 1.54) is 11.0 Å².